The fourth-order valence-electron chi connectivity index (χ4n) is 1.62. The summed E-state index contributed by atoms with van der Waals surface area (Å²) in [7, 11) is 0. The van der Waals surface area contributed by atoms with Crippen LogP contribution in [-0.2, 0) is 0 Å². The van der Waals surface area contributed by atoms with Crippen molar-refractivity contribution < 1.29 is 20.1 Å². The van der Waals surface area contributed by atoms with E-state index in [9.17, 15) is 40.5 Å². The van der Waals surface area contributed by atoms with Gasteiger partial charge in [0.05, 0.1) is 0 Å². The highest BCUT2D eigenvalue weighted by atomic mass is 16.7. The SMILES string of the molecule is Cc1c(N[N+](=O)[O-])cc(N[N+](=O)[O-])c(N[N+](=O)[O-])c1N[N+](=O)[O-]. The molecule has 23 heavy (non-hydrogen) atoms. The van der Waals surface area contributed by atoms with Crippen molar-refractivity contribution >= 4 is 22.7 Å². The van der Waals surface area contributed by atoms with Crippen LogP contribution in [0, 0.1) is 47.4 Å². The van der Waals surface area contributed by atoms with Gasteiger partial charge >= 0.3 is 0 Å². The number of hydrogen-bond acceptors (Lipinski definition) is 8. The smallest absolute Gasteiger partial charge is 0.162 e. The molecule has 4 N–H and O–H groups in total. The Balaban J connectivity index is 3.61. The molecular formula is C7H8N8O8. The largest absolute Gasteiger partial charge is 0.235 e. The van der Waals surface area contributed by atoms with Crippen molar-refractivity contribution in [2.24, 2.45) is 0 Å². The predicted octanol–water partition coefficient (Wildman–Crippen LogP) is 0.409. The number of anilines is 4. The summed E-state index contributed by atoms with van der Waals surface area (Å²) >= 11 is 0. The minimum Gasteiger partial charge on any atom is -0.235 e. The highest BCUT2D eigenvalue weighted by Gasteiger charge is 2.25. The van der Waals surface area contributed by atoms with Crippen LogP contribution < -0.4 is 21.7 Å². The summed E-state index contributed by atoms with van der Waals surface area (Å²) < 4.78 is 0. The maximum atomic E-state index is 10.6. The lowest BCUT2D eigenvalue weighted by Gasteiger charge is -2.13. The van der Waals surface area contributed by atoms with Crippen molar-refractivity contribution in [3.8, 4) is 0 Å². The second kappa shape index (κ2) is 6.65. The summed E-state index contributed by atoms with van der Waals surface area (Å²) in [5, 5.41) is 38.0. The topological polar surface area (TPSA) is 221 Å². The van der Waals surface area contributed by atoms with Crippen LogP contribution in [0.15, 0.2) is 6.07 Å². The molecule has 1 rings (SSSR count). The van der Waals surface area contributed by atoms with Gasteiger partial charge in [-0.05, 0) is 13.0 Å². The zero-order chi connectivity index (χ0) is 17.7. The second-order valence-electron chi connectivity index (χ2n) is 3.82. The molecule has 0 aliphatic carbocycles. The van der Waals surface area contributed by atoms with E-state index >= 15 is 0 Å². The minimum absolute atomic E-state index is 0.156. The van der Waals surface area contributed by atoms with Crippen LogP contribution in [0.25, 0.3) is 0 Å². The van der Waals surface area contributed by atoms with Gasteiger partial charge in [0.25, 0.3) is 0 Å². The standard InChI is InChI=1S/C7H8N8O8/c1-3-4(8-12(16)17)2-5(9-13(18)19)7(11-15(22)23)6(3)10-14(20)21/h2,8-11H,1H3. The van der Waals surface area contributed by atoms with Crippen LogP contribution in [0.2, 0.25) is 0 Å². The van der Waals surface area contributed by atoms with E-state index in [4.69, 9.17) is 0 Å². The zero-order valence-corrected chi connectivity index (χ0v) is 11.1. The predicted molar refractivity (Wildman–Crippen MR) is 73.6 cm³/mol. The summed E-state index contributed by atoms with van der Waals surface area (Å²) in [6, 6.07) is 0.817. The van der Waals surface area contributed by atoms with E-state index < -0.39 is 37.2 Å². The molecular weight excluding hydrogens is 324 g/mol. The van der Waals surface area contributed by atoms with Crippen LogP contribution in [0.4, 0.5) is 22.7 Å². The quantitative estimate of drug-likeness (QED) is 0.375. The minimum atomic E-state index is -1.11. The average molecular weight is 332 g/mol. The van der Waals surface area contributed by atoms with E-state index in [1.54, 1.807) is 21.7 Å². The van der Waals surface area contributed by atoms with Gasteiger partial charge in [0.1, 0.15) is 17.1 Å². The van der Waals surface area contributed by atoms with Gasteiger partial charge in [-0.15, -0.1) is 21.7 Å². The van der Waals surface area contributed by atoms with Gasteiger partial charge in [0.15, 0.2) is 25.8 Å². The first-order valence-corrected chi connectivity index (χ1v) is 5.43. The molecule has 0 aliphatic heterocycles. The first-order valence-electron chi connectivity index (χ1n) is 5.43. The third kappa shape index (κ3) is 4.51. The van der Waals surface area contributed by atoms with Crippen LogP contribution in [-0.4, -0.2) is 20.1 Å². The number of nitro groups is 4. The van der Waals surface area contributed by atoms with E-state index in [0.717, 1.165) is 6.07 Å². The van der Waals surface area contributed by atoms with Gasteiger partial charge < -0.3 is 0 Å². The second-order valence-corrected chi connectivity index (χ2v) is 3.82. The highest BCUT2D eigenvalue weighted by Crippen LogP contribution is 2.38. The molecule has 0 aliphatic rings. The van der Waals surface area contributed by atoms with E-state index in [1.165, 1.54) is 6.92 Å². The number of hydrazine groups is 4. The highest BCUT2D eigenvalue weighted by molar-refractivity contribution is 5.88. The number of rotatable bonds is 8. The molecule has 124 valence electrons. The molecule has 0 atom stereocenters. The van der Waals surface area contributed by atoms with Crippen LogP contribution in [0.3, 0.4) is 0 Å². The first-order chi connectivity index (χ1) is 10.6. The van der Waals surface area contributed by atoms with E-state index in [2.05, 4.69) is 0 Å². The molecule has 1 aromatic carbocycles. The molecule has 0 radical (unpaired) electrons. The van der Waals surface area contributed by atoms with Crippen molar-refractivity contribution in [2.75, 3.05) is 21.7 Å². The number of nitrogens with zero attached hydrogens (tertiary/aromatic N) is 4. The van der Waals surface area contributed by atoms with E-state index in [-0.39, 0.29) is 11.3 Å². The molecule has 1 aromatic rings. The Morgan fingerprint density at radius 1 is 0.696 bits per heavy atom. The molecule has 0 aromatic heterocycles. The number of hydrogen-bond donors (Lipinski definition) is 4. The van der Waals surface area contributed by atoms with Crippen molar-refractivity contribution in [3.63, 3.8) is 0 Å². The Kier molecular flexibility index (Phi) is 4.94. The molecule has 0 heterocycles. The summed E-state index contributed by atoms with van der Waals surface area (Å²) in [6.45, 7) is 1.18. The Labute approximate surface area is 124 Å². The molecule has 0 bridgehead atoms. The van der Waals surface area contributed by atoms with Gasteiger partial charge in [-0.25, -0.2) is 40.5 Å². The molecule has 16 heteroatoms. The molecule has 0 saturated heterocycles. The maximum Gasteiger partial charge on any atom is 0.162 e. The van der Waals surface area contributed by atoms with Gasteiger partial charge in [-0.1, -0.05) is 0 Å². The van der Waals surface area contributed by atoms with Crippen LogP contribution in [0.1, 0.15) is 5.56 Å². The Morgan fingerprint density at radius 2 is 1.09 bits per heavy atom. The number of nitrogens with one attached hydrogen (secondary N) is 4. The summed E-state index contributed by atoms with van der Waals surface area (Å²) in [4.78, 5) is 42.3. The Hall–Kier alpha value is -3.98. The maximum absolute atomic E-state index is 10.6. The molecule has 16 nitrogen and oxygen atoms in total. The summed E-state index contributed by atoms with van der Waals surface area (Å²) in [5.74, 6) is 0. The summed E-state index contributed by atoms with van der Waals surface area (Å²) in [6.07, 6.45) is 0. The molecule has 0 amide bonds. The van der Waals surface area contributed by atoms with Crippen molar-refractivity contribution in [1.82, 2.24) is 0 Å². The third-order valence-electron chi connectivity index (χ3n) is 2.42. The van der Waals surface area contributed by atoms with Gasteiger partial charge in [0.2, 0.25) is 0 Å². The van der Waals surface area contributed by atoms with Crippen LogP contribution in [0.5, 0.6) is 0 Å². The Morgan fingerprint density at radius 3 is 1.52 bits per heavy atom. The fourth-order valence-corrected chi connectivity index (χ4v) is 1.62. The van der Waals surface area contributed by atoms with Gasteiger partial charge in [-0.3, -0.25) is 0 Å². The summed E-state index contributed by atoms with van der Waals surface area (Å²) in [5.41, 5.74) is 4.09. The normalized spacial score (nSPS) is 9.61. The number of benzene rings is 1. The van der Waals surface area contributed by atoms with Gasteiger partial charge in [-0.2, -0.15) is 0 Å². The van der Waals surface area contributed by atoms with Crippen LogP contribution >= 0.6 is 0 Å². The van der Waals surface area contributed by atoms with Gasteiger partial charge in [0, 0.05) is 5.56 Å². The first kappa shape index (κ1) is 17.1. The van der Waals surface area contributed by atoms with Crippen molar-refractivity contribution in [3.05, 3.63) is 52.1 Å². The lowest BCUT2D eigenvalue weighted by Crippen LogP contribution is -2.20. The lowest BCUT2D eigenvalue weighted by molar-refractivity contribution is -0.450. The monoisotopic (exact) mass is 332 g/mol. The molecule has 0 unspecified atom stereocenters. The molecule has 0 fully saturated rings. The zero-order valence-electron chi connectivity index (χ0n) is 11.1. The van der Waals surface area contributed by atoms with E-state index in [1.807, 2.05) is 0 Å². The Bertz CT molecular complexity index is 689. The average Bonchev–Trinajstić information content (AvgIpc) is 2.37. The fraction of sp³-hybridized carbons (Fsp3) is 0.143. The molecule has 0 spiro atoms. The van der Waals surface area contributed by atoms with Crippen molar-refractivity contribution in [1.29, 1.82) is 0 Å². The van der Waals surface area contributed by atoms with E-state index in [0.29, 0.717) is 0 Å². The van der Waals surface area contributed by atoms with Crippen molar-refractivity contribution in [2.45, 2.75) is 6.92 Å². The third-order valence-corrected chi connectivity index (χ3v) is 2.42. The molecule has 0 saturated carbocycles. The lowest BCUT2D eigenvalue weighted by atomic mass is 10.1.